The lowest BCUT2D eigenvalue weighted by Crippen LogP contribution is -2.00. The fourth-order valence-corrected chi connectivity index (χ4v) is 2.07. The van der Waals surface area contributed by atoms with Crippen LogP contribution in [0.25, 0.3) is 0 Å². The van der Waals surface area contributed by atoms with Gasteiger partial charge in [-0.1, -0.05) is 6.07 Å². The second kappa shape index (κ2) is 4.31. The van der Waals surface area contributed by atoms with Crippen molar-refractivity contribution in [3.63, 3.8) is 0 Å². The number of rotatable bonds is 3. The van der Waals surface area contributed by atoms with Crippen LogP contribution in [0.3, 0.4) is 0 Å². The number of hydrogen-bond donors (Lipinski definition) is 0. The van der Waals surface area contributed by atoms with Crippen molar-refractivity contribution in [1.82, 2.24) is 9.97 Å². The molecule has 0 aliphatic carbocycles. The summed E-state index contributed by atoms with van der Waals surface area (Å²) in [6, 6.07) is 5.72. The third-order valence-corrected chi connectivity index (χ3v) is 2.83. The molecule has 3 nitrogen and oxygen atoms in total. The molecule has 0 fully saturated rings. The lowest BCUT2D eigenvalue weighted by molar-refractivity contribution is 0.111. The molecule has 0 aromatic carbocycles. The van der Waals surface area contributed by atoms with E-state index in [1.165, 1.54) is 4.88 Å². The Labute approximate surface area is 91.8 Å². The van der Waals surface area contributed by atoms with E-state index in [-0.39, 0.29) is 0 Å². The van der Waals surface area contributed by atoms with Crippen LogP contribution >= 0.6 is 11.3 Å². The summed E-state index contributed by atoms with van der Waals surface area (Å²) in [6.45, 7) is 1.87. The van der Waals surface area contributed by atoms with Gasteiger partial charge in [0.15, 0.2) is 6.29 Å². The Morgan fingerprint density at radius 1 is 1.47 bits per heavy atom. The lowest BCUT2D eigenvalue weighted by atomic mass is 10.3. The molecular formula is C11H10N2OS. The first-order chi connectivity index (χ1) is 7.28. The second-order valence-electron chi connectivity index (χ2n) is 3.22. The molecule has 0 atom stereocenters. The van der Waals surface area contributed by atoms with Gasteiger partial charge in [0.05, 0.1) is 0 Å². The number of nitrogens with zero attached hydrogens (tertiary/aromatic N) is 2. The Morgan fingerprint density at radius 2 is 2.33 bits per heavy atom. The lowest BCUT2D eigenvalue weighted by Gasteiger charge is -2.00. The molecule has 15 heavy (non-hydrogen) atoms. The SMILES string of the molecule is Cc1cc(C=O)nc(Cc2cccs2)n1. The fraction of sp³-hybridized carbons (Fsp3) is 0.182. The molecule has 0 spiro atoms. The van der Waals surface area contributed by atoms with Crippen LogP contribution in [-0.2, 0) is 6.42 Å². The minimum Gasteiger partial charge on any atom is -0.296 e. The van der Waals surface area contributed by atoms with Gasteiger partial charge < -0.3 is 0 Å². The number of thiophene rings is 1. The average Bonchev–Trinajstić information content (AvgIpc) is 2.69. The van der Waals surface area contributed by atoms with Crippen LogP contribution in [0.4, 0.5) is 0 Å². The van der Waals surface area contributed by atoms with Crippen LogP contribution in [0.1, 0.15) is 26.9 Å². The summed E-state index contributed by atoms with van der Waals surface area (Å²) in [4.78, 5) is 20.3. The largest absolute Gasteiger partial charge is 0.296 e. The number of aldehydes is 1. The van der Waals surface area contributed by atoms with Crippen molar-refractivity contribution >= 4 is 17.6 Å². The molecular weight excluding hydrogens is 208 g/mol. The van der Waals surface area contributed by atoms with Crippen LogP contribution in [-0.4, -0.2) is 16.3 Å². The molecule has 0 N–H and O–H groups in total. The van der Waals surface area contributed by atoms with E-state index in [0.29, 0.717) is 17.9 Å². The number of hydrogen-bond acceptors (Lipinski definition) is 4. The minimum atomic E-state index is 0.453. The average molecular weight is 218 g/mol. The monoisotopic (exact) mass is 218 g/mol. The summed E-state index contributed by atoms with van der Waals surface area (Å²) in [5, 5.41) is 2.02. The van der Waals surface area contributed by atoms with Gasteiger partial charge >= 0.3 is 0 Å². The molecule has 2 heterocycles. The van der Waals surface area contributed by atoms with E-state index < -0.39 is 0 Å². The molecule has 0 saturated carbocycles. The Morgan fingerprint density at radius 3 is 3.00 bits per heavy atom. The Balaban J connectivity index is 2.28. The van der Waals surface area contributed by atoms with Gasteiger partial charge in [0.25, 0.3) is 0 Å². The maximum Gasteiger partial charge on any atom is 0.168 e. The zero-order valence-electron chi connectivity index (χ0n) is 8.30. The first-order valence-corrected chi connectivity index (χ1v) is 5.48. The first kappa shape index (κ1) is 9.98. The van der Waals surface area contributed by atoms with Crippen molar-refractivity contribution in [2.24, 2.45) is 0 Å². The highest BCUT2D eigenvalue weighted by atomic mass is 32.1. The Bertz CT molecular complexity index is 465. The zero-order chi connectivity index (χ0) is 10.7. The molecule has 0 amide bonds. The zero-order valence-corrected chi connectivity index (χ0v) is 9.12. The third kappa shape index (κ3) is 2.47. The Hall–Kier alpha value is -1.55. The molecule has 2 aromatic rings. The van der Waals surface area contributed by atoms with E-state index in [1.807, 2.05) is 24.4 Å². The summed E-state index contributed by atoms with van der Waals surface area (Å²) in [5.41, 5.74) is 1.28. The standard InChI is InChI=1S/C11H10N2OS/c1-8-5-9(7-14)13-11(12-8)6-10-3-2-4-15-10/h2-5,7H,6H2,1H3. The summed E-state index contributed by atoms with van der Waals surface area (Å²) >= 11 is 1.67. The van der Waals surface area contributed by atoms with E-state index in [4.69, 9.17) is 0 Å². The molecule has 0 aliphatic rings. The van der Waals surface area contributed by atoms with Gasteiger partial charge in [-0.2, -0.15) is 0 Å². The van der Waals surface area contributed by atoms with E-state index in [9.17, 15) is 4.79 Å². The highest BCUT2D eigenvalue weighted by Gasteiger charge is 2.03. The molecule has 76 valence electrons. The van der Waals surface area contributed by atoms with Crippen molar-refractivity contribution in [2.75, 3.05) is 0 Å². The van der Waals surface area contributed by atoms with Crippen molar-refractivity contribution < 1.29 is 4.79 Å². The van der Waals surface area contributed by atoms with Crippen LogP contribution in [0.15, 0.2) is 23.6 Å². The predicted octanol–water partition coefficient (Wildman–Crippen LogP) is 2.25. The molecule has 0 bridgehead atoms. The van der Waals surface area contributed by atoms with Crippen LogP contribution in [0, 0.1) is 6.92 Å². The van der Waals surface area contributed by atoms with E-state index in [1.54, 1.807) is 17.4 Å². The van der Waals surface area contributed by atoms with Gasteiger partial charge in [0.1, 0.15) is 11.5 Å². The van der Waals surface area contributed by atoms with E-state index >= 15 is 0 Å². The van der Waals surface area contributed by atoms with Crippen molar-refractivity contribution in [3.8, 4) is 0 Å². The number of carbonyl (C=O) groups is 1. The maximum atomic E-state index is 10.6. The van der Waals surface area contributed by atoms with Crippen molar-refractivity contribution in [1.29, 1.82) is 0 Å². The molecule has 4 heteroatoms. The summed E-state index contributed by atoms with van der Waals surface area (Å²) in [6.07, 6.45) is 1.45. The highest BCUT2D eigenvalue weighted by Crippen LogP contribution is 2.12. The van der Waals surface area contributed by atoms with E-state index in [0.717, 1.165) is 12.0 Å². The number of aromatic nitrogens is 2. The van der Waals surface area contributed by atoms with Gasteiger partial charge in [0.2, 0.25) is 0 Å². The summed E-state index contributed by atoms with van der Waals surface area (Å²) in [5.74, 6) is 0.708. The van der Waals surface area contributed by atoms with Crippen LogP contribution in [0.2, 0.25) is 0 Å². The molecule has 0 unspecified atom stereocenters. The molecule has 2 aromatic heterocycles. The second-order valence-corrected chi connectivity index (χ2v) is 4.26. The number of aryl methyl sites for hydroxylation is 1. The summed E-state index contributed by atoms with van der Waals surface area (Å²) in [7, 11) is 0. The fourth-order valence-electron chi connectivity index (χ4n) is 1.36. The molecule has 0 radical (unpaired) electrons. The van der Waals surface area contributed by atoms with Crippen molar-refractivity contribution in [3.05, 3.63) is 45.7 Å². The molecule has 0 aliphatic heterocycles. The van der Waals surface area contributed by atoms with Gasteiger partial charge in [-0.3, -0.25) is 4.79 Å². The van der Waals surface area contributed by atoms with Crippen LogP contribution in [0.5, 0.6) is 0 Å². The summed E-state index contributed by atoms with van der Waals surface area (Å²) < 4.78 is 0. The minimum absolute atomic E-state index is 0.453. The third-order valence-electron chi connectivity index (χ3n) is 1.95. The van der Waals surface area contributed by atoms with Crippen molar-refractivity contribution in [2.45, 2.75) is 13.3 Å². The Kier molecular flexibility index (Phi) is 2.87. The van der Waals surface area contributed by atoms with Gasteiger partial charge in [-0.15, -0.1) is 11.3 Å². The van der Waals surface area contributed by atoms with Gasteiger partial charge in [-0.25, -0.2) is 9.97 Å². The predicted molar refractivity (Wildman–Crippen MR) is 59.3 cm³/mol. The molecule has 0 saturated heterocycles. The van der Waals surface area contributed by atoms with Gasteiger partial charge in [0, 0.05) is 17.0 Å². The topological polar surface area (TPSA) is 42.9 Å². The first-order valence-electron chi connectivity index (χ1n) is 4.60. The highest BCUT2D eigenvalue weighted by molar-refractivity contribution is 7.09. The normalized spacial score (nSPS) is 10.2. The maximum absolute atomic E-state index is 10.6. The van der Waals surface area contributed by atoms with Gasteiger partial charge in [-0.05, 0) is 24.4 Å². The quantitative estimate of drug-likeness (QED) is 0.742. The van der Waals surface area contributed by atoms with E-state index in [2.05, 4.69) is 9.97 Å². The van der Waals surface area contributed by atoms with Crippen LogP contribution < -0.4 is 0 Å². The molecule has 2 rings (SSSR count). The smallest absolute Gasteiger partial charge is 0.168 e. The number of carbonyl (C=O) groups excluding carboxylic acids is 1.